The highest BCUT2D eigenvalue weighted by Crippen LogP contribution is 2.20. The highest BCUT2D eigenvalue weighted by molar-refractivity contribution is 5.67. The molecule has 5 heteroatoms. The maximum Gasteiger partial charge on any atom is 0.304 e. The molecule has 1 aliphatic rings. The number of piperazine rings is 1. The normalized spacial score (nSPS) is 25.4. The fourth-order valence-electron chi connectivity index (χ4n) is 2.83. The van der Waals surface area contributed by atoms with E-state index < -0.39 is 5.97 Å². The van der Waals surface area contributed by atoms with Crippen molar-refractivity contribution in [3.63, 3.8) is 0 Å². The van der Waals surface area contributed by atoms with E-state index in [1.165, 1.54) is 0 Å². The highest BCUT2D eigenvalue weighted by atomic mass is 16.4. The van der Waals surface area contributed by atoms with Gasteiger partial charge in [0, 0.05) is 44.1 Å². The summed E-state index contributed by atoms with van der Waals surface area (Å²) >= 11 is 0. The van der Waals surface area contributed by atoms with Gasteiger partial charge in [-0.2, -0.15) is 0 Å². The zero-order valence-electron chi connectivity index (χ0n) is 11.5. The van der Waals surface area contributed by atoms with E-state index in [4.69, 9.17) is 5.11 Å². The van der Waals surface area contributed by atoms with Crippen LogP contribution in [0.4, 0.5) is 0 Å². The van der Waals surface area contributed by atoms with Crippen molar-refractivity contribution < 1.29 is 9.90 Å². The van der Waals surface area contributed by atoms with Crippen LogP contribution < -0.4 is 0 Å². The predicted molar refractivity (Wildman–Crippen MR) is 72.8 cm³/mol. The molecule has 1 aromatic heterocycles. The van der Waals surface area contributed by atoms with Crippen LogP contribution in [-0.4, -0.2) is 58.1 Å². The van der Waals surface area contributed by atoms with Crippen LogP contribution >= 0.6 is 0 Å². The molecule has 2 heterocycles. The Balaban J connectivity index is 2.11. The van der Waals surface area contributed by atoms with Gasteiger partial charge in [0.15, 0.2) is 0 Å². The van der Waals surface area contributed by atoms with Crippen molar-refractivity contribution in [1.29, 1.82) is 0 Å². The van der Waals surface area contributed by atoms with Gasteiger partial charge in [-0.1, -0.05) is 6.07 Å². The molecule has 2 atom stereocenters. The highest BCUT2D eigenvalue weighted by Gasteiger charge is 2.31. The minimum absolute atomic E-state index is 0.0615. The lowest BCUT2D eigenvalue weighted by molar-refractivity contribution is -0.139. The molecule has 19 heavy (non-hydrogen) atoms. The summed E-state index contributed by atoms with van der Waals surface area (Å²) in [6, 6.07) is 4.37. The number of pyridine rings is 1. The molecule has 0 radical (unpaired) electrons. The number of nitrogens with zero attached hydrogens (tertiary/aromatic N) is 3. The number of carboxylic acid groups (broad SMARTS) is 1. The van der Waals surface area contributed by atoms with E-state index in [1.807, 2.05) is 25.4 Å². The molecule has 0 aromatic carbocycles. The van der Waals surface area contributed by atoms with Gasteiger partial charge in [-0.05, 0) is 25.6 Å². The summed E-state index contributed by atoms with van der Waals surface area (Å²) in [5.74, 6) is -0.733. The number of hydrogen-bond donors (Lipinski definition) is 1. The number of carbonyl (C=O) groups is 1. The topological polar surface area (TPSA) is 56.7 Å². The van der Waals surface area contributed by atoms with Gasteiger partial charge in [0.2, 0.25) is 0 Å². The molecule has 0 aliphatic carbocycles. The van der Waals surface area contributed by atoms with E-state index >= 15 is 0 Å². The Bertz CT molecular complexity index is 424. The second-order valence-corrected chi connectivity index (χ2v) is 5.36. The number of aromatic nitrogens is 1. The molecule has 1 aliphatic heterocycles. The van der Waals surface area contributed by atoms with E-state index in [0.717, 1.165) is 25.2 Å². The third-order valence-electron chi connectivity index (χ3n) is 3.63. The summed E-state index contributed by atoms with van der Waals surface area (Å²) in [5.41, 5.74) is 1.13. The fraction of sp³-hybridized carbons (Fsp3) is 0.571. The van der Waals surface area contributed by atoms with E-state index in [0.29, 0.717) is 6.04 Å². The maximum absolute atomic E-state index is 11.0. The molecule has 0 spiro atoms. The Morgan fingerprint density at radius 1 is 1.53 bits per heavy atom. The number of rotatable bonds is 4. The summed E-state index contributed by atoms with van der Waals surface area (Å²) < 4.78 is 0. The lowest BCUT2D eigenvalue weighted by atomic mass is 10.0. The number of hydrogen-bond acceptors (Lipinski definition) is 4. The Kier molecular flexibility index (Phi) is 4.50. The van der Waals surface area contributed by atoms with Crippen molar-refractivity contribution >= 4 is 5.97 Å². The largest absolute Gasteiger partial charge is 0.481 e. The quantitative estimate of drug-likeness (QED) is 0.880. The molecule has 1 saturated heterocycles. The SMILES string of the molecule is CC1CN(C)CC(CC(=O)O)N1Cc1cccnc1. The molecule has 104 valence electrons. The van der Waals surface area contributed by atoms with Crippen LogP contribution in [0.3, 0.4) is 0 Å². The van der Waals surface area contributed by atoms with Gasteiger partial charge in [0.05, 0.1) is 6.42 Å². The van der Waals surface area contributed by atoms with Gasteiger partial charge in [-0.3, -0.25) is 14.7 Å². The summed E-state index contributed by atoms with van der Waals surface area (Å²) in [5, 5.41) is 9.06. The van der Waals surface area contributed by atoms with Crippen LogP contribution in [-0.2, 0) is 11.3 Å². The van der Waals surface area contributed by atoms with Crippen molar-refractivity contribution in [3.8, 4) is 0 Å². The smallest absolute Gasteiger partial charge is 0.304 e. The molecule has 1 N–H and O–H groups in total. The maximum atomic E-state index is 11.0. The Morgan fingerprint density at radius 3 is 2.95 bits per heavy atom. The summed E-state index contributed by atoms with van der Waals surface area (Å²) in [6.45, 7) is 4.69. The van der Waals surface area contributed by atoms with Gasteiger partial charge in [-0.25, -0.2) is 0 Å². The molecule has 1 aromatic rings. The first-order valence-electron chi connectivity index (χ1n) is 6.61. The van der Waals surface area contributed by atoms with Crippen molar-refractivity contribution in [1.82, 2.24) is 14.8 Å². The first-order valence-corrected chi connectivity index (χ1v) is 6.61. The zero-order valence-corrected chi connectivity index (χ0v) is 11.5. The van der Waals surface area contributed by atoms with E-state index in [-0.39, 0.29) is 12.5 Å². The Hall–Kier alpha value is -1.46. The minimum Gasteiger partial charge on any atom is -0.481 e. The second kappa shape index (κ2) is 6.12. The molecule has 0 amide bonds. The fourth-order valence-corrected chi connectivity index (χ4v) is 2.83. The average Bonchev–Trinajstić information content (AvgIpc) is 2.34. The van der Waals surface area contributed by atoms with Crippen LogP contribution in [0.1, 0.15) is 18.9 Å². The van der Waals surface area contributed by atoms with Gasteiger partial charge in [0.1, 0.15) is 0 Å². The first kappa shape index (κ1) is 14.0. The Morgan fingerprint density at radius 2 is 2.32 bits per heavy atom. The zero-order chi connectivity index (χ0) is 13.8. The van der Waals surface area contributed by atoms with Gasteiger partial charge >= 0.3 is 5.97 Å². The van der Waals surface area contributed by atoms with Crippen LogP contribution in [0.25, 0.3) is 0 Å². The summed E-state index contributed by atoms with van der Waals surface area (Å²) in [7, 11) is 2.05. The van der Waals surface area contributed by atoms with Crippen molar-refractivity contribution in [3.05, 3.63) is 30.1 Å². The van der Waals surface area contributed by atoms with E-state index in [1.54, 1.807) is 6.20 Å². The standard InChI is InChI=1S/C14H21N3O2/c1-11-8-16(2)10-13(6-14(18)19)17(11)9-12-4-3-5-15-7-12/h3-5,7,11,13H,6,8-10H2,1-2H3,(H,18,19). The molecule has 2 rings (SSSR count). The van der Waals surface area contributed by atoms with Crippen LogP contribution in [0.5, 0.6) is 0 Å². The van der Waals surface area contributed by atoms with Crippen molar-refractivity contribution in [2.45, 2.75) is 32.0 Å². The Labute approximate surface area is 113 Å². The van der Waals surface area contributed by atoms with E-state index in [2.05, 4.69) is 21.7 Å². The molecule has 5 nitrogen and oxygen atoms in total. The third kappa shape index (κ3) is 3.75. The van der Waals surface area contributed by atoms with Crippen molar-refractivity contribution in [2.24, 2.45) is 0 Å². The predicted octanol–water partition coefficient (Wildman–Crippen LogP) is 1.06. The second-order valence-electron chi connectivity index (χ2n) is 5.36. The molecule has 1 fully saturated rings. The third-order valence-corrected chi connectivity index (χ3v) is 3.63. The minimum atomic E-state index is -0.733. The van der Waals surface area contributed by atoms with Crippen LogP contribution in [0.2, 0.25) is 0 Å². The van der Waals surface area contributed by atoms with Crippen LogP contribution in [0, 0.1) is 0 Å². The molecular weight excluding hydrogens is 242 g/mol. The monoisotopic (exact) mass is 263 g/mol. The van der Waals surface area contributed by atoms with Crippen molar-refractivity contribution in [2.75, 3.05) is 20.1 Å². The molecular formula is C14H21N3O2. The molecule has 2 unspecified atom stereocenters. The lowest BCUT2D eigenvalue weighted by Gasteiger charge is -2.44. The van der Waals surface area contributed by atoms with Gasteiger partial charge < -0.3 is 10.0 Å². The van der Waals surface area contributed by atoms with Crippen LogP contribution in [0.15, 0.2) is 24.5 Å². The molecule has 0 bridgehead atoms. The van der Waals surface area contributed by atoms with Gasteiger partial charge in [-0.15, -0.1) is 0 Å². The lowest BCUT2D eigenvalue weighted by Crippen LogP contribution is -2.56. The summed E-state index contributed by atoms with van der Waals surface area (Å²) in [4.78, 5) is 19.6. The van der Waals surface area contributed by atoms with Gasteiger partial charge in [0.25, 0.3) is 0 Å². The number of carboxylic acids is 1. The molecule has 0 saturated carbocycles. The number of likely N-dealkylation sites (N-methyl/N-ethyl adjacent to an activating group) is 1. The number of aliphatic carboxylic acids is 1. The first-order chi connectivity index (χ1) is 9.06. The summed E-state index contributed by atoms with van der Waals surface area (Å²) in [6.07, 6.45) is 3.80. The van der Waals surface area contributed by atoms with E-state index in [9.17, 15) is 4.79 Å². The average molecular weight is 263 g/mol.